The zero-order valence-corrected chi connectivity index (χ0v) is 36.5. The Kier molecular flexibility index (Phi) is 32.7. The molecule has 304 valence electrons. The lowest BCUT2D eigenvalue weighted by atomic mass is 10.1. The second kappa shape index (κ2) is 34.0. The maximum atomic E-state index is 10.9. The van der Waals surface area contributed by atoms with Crippen molar-refractivity contribution < 1.29 is 47.9 Å². The first-order chi connectivity index (χ1) is 26.6. The molecule has 0 amide bonds. The zero-order chi connectivity index (χ0) is 42.9. The van der Waals surface area contributed by atoms with Crippen LogP contribution in [-0.2, 0) is 74.2 Å². The van der Waals surface area contributed by atoms with Gasteiger partial charge < -0.3 is 19.7 Å². The van der Waals surface area contributed by atoms with Crippen molar-refractivity contribution in [1.29, 1.82) is 0 Å². The number of halogens is 4. The Morgan fingerprint density at radius 3 is 1.32 bits per heavy atom. The predicted octanol–water partition coefficient (Wildman–Crippen LogP) is 8.77. The highest BCUT2D eigenvalue weighted by atomic mass is 79.9. The molecule has 0 fully saturated rings. The van der Waals surface area contributed by atoms with E-state index in [0.29, 0.717) is 12.0 Å². The summed E-state index contributed by atoms with van der Waals surface area (Å²) in [6, 6.07) is 29.8. The number of alkyl halides is 2. The van der Waals surface area contributed by atoms with Crippen molar-refractivity contribution in [2.45, 2.75) is 43.3 Å². The topological polar surface area (TPSA) is 191 Å². The van der Waals surface area contributed by atoms with E-state index in [-0.39, 0.29) is 31.2 Å². The molecule has 12 nitrogen and oxygen atoms in total. The number of carbonyl (C=O) groups excluding carboxylic acids is 3. The molecule has 56 heavy (non-hydrogen) atoms. The van der Waals surface area contributed by atoms with Gasteiger partial charge in [0.1, 0.15) is 6.29 Å². The van der Waals surface area contributed by atoms with Gasteiger partial charge >= 0.3 is 23.9 Å². The molecule has 0 aliphatic carbocycles. The van der Waals surface area contributed by atoms with Gasteiger partial charge in [-0.25, -0.2) is 4.21 Å². The van der Waals surface area contributed by atoms with E-state index in [1.807, 2.05) is 79.7 Å². The van der Waals surface area contributed by atoms with Gasteiger partial charge in [0, 0.05) is 37.6 Å². The number of methoxy groups -OCH3 is 2. The summed E-state index contributed by atoms with van der Waals surface area (Å²) in [7, 11) is 11.3. The highest BCUT2D eigenvalue weighted by Gasteiger charge is 2.04. The molecule has 0 atom stereocenters. The van der Waals surface area contributed by atoms with E-state index < -0.39 is 21.2 Å². The maximum absolute atomic E-state index is 10.9. The molecular formula is C39H43Br2Cl2NO11S. The number of aldehydes is 1. The molecule has 4 rings (SSSR count). The predicted molar refractivity (Wildman–Crippen MR) is 227 cm³/mol. The molecule has 0 aliphatic heterocycles. The number of carbonyl (C=O) groups is 5. The highest BCUT2D eigenvalue weighted by molar-refractivity contribution is 9.08. The largest absolute Gasteiger partial charge is 0.481 e. The van der Waals surface area contributed by atoms with E-state index >= 15 is 0 Å². The summed E-state index contributed by atoms with van der Waals surface area (Å²) in [5.41, 5.74) is 7.43. The third kappa shape index (κ3) is 31.0. The van der Waals surface area contributed by atoms with Gasteiger partial charge in [-0.1, -0.05) is 134 Å². The van der Waals surface area contributed by atoms with Crippen molar-refractivity contribution in [3.63, 3.8) is 0 Å². The van der Waals surface area contributed by atoms with Crippen molar-refractivity contribution in [2.24, 2.45) is 5.18 Å². The van der Waals surface area contributed by atoms with Crippen LogP contribution in [-0.4, -0.2) is 65.9 Å². The van der Waals surface area contributed by atoms with Crippen LogP contribution in [0.4, 0.5) is 0 Å². The number of esters is 2. The van der Waals surface area contributed by atoms with Gasteiger partial charge in [0.2, 0.25) is 9.23 Å². The molecule has 0 aliphatic rings. The van der Waals surface area contributed by atoms with Gasteiger partial charge in [-0.15, -0.1) is 0 Å². The Bertz CT molecular complexity index is 1830. The first-order valence-electron chi connectivity index (χ1n) is 16.0. The number of aryl methyl sites for hydroxylation is 1. The Balaban J connectivity index is 0. The Labute approximate surface area is 354 Å². The minimum atomic E-state index is -1.67. The van der Waals surface area contributed by atoms with Crippen LogP contribution >= 0.6 is 53.2 Å². The minimum absolute atomic E-state index is 0.0981. The highest BCUT2D eigenvalue weighted by Crippen LogP contribution is 2.11. The molecule has 0 unspecified atom stereocenters. The normalized spacial score (nSPS) is 9.23. The fourth-order valence-electron chi connectivity index (χ4n) is 4.07. The number of carboxylic acids is 2. The van der Waals surface area contributed by atoms with E-state index in [1.54, 1.807) is 24.3 Å². The molecule has 17 heteroatoms. The van der Waals surface area contributed by atoms with Crippen molar-refractivity contribution >= 4 is 92.6 Å². The van der Waals surface area contributed by atoms with Crippen LogP contribution in [0.2, 0.25) is 0 Å². The average molecular weight is 965 g/mol. The lowest BCUT2D eigenvalue weighted by molar-refractivity contribution is -0.140. The smallest absolute Gasteiger partial charge is 0.309 e. The van der Waals surface area contributed by atoms with E-state index in [2.05, 4.69) is 67.9 Å². The molecule has 2 N–H and O–H groups in total. The van der Waals surface area contributed by atoms with Crippen LogP contribution in [0.25, 0.3) is 0 Å². The number of nitrogens with zero attached hydrogens (tertiary/aromatic N) is 1. The molecule has 0 bridgehead atoms. The van der Waals surface area contributed by atoms with Crippen LogP contribution in [0.5, 0.6) is 0 Å². The van der Waals surface area contributed by atoms with Gasteiger partial charge in [0.25, 0.3) is 0 Å². The SMILES string of the molecule is CN=O.COC(=O)Cc1cccc(C=O)c1.COC(=O)Cc1cccc(CBr)c1.Cc1cccc(CC(=O)O)c1.O=C(O)Cc1cccc(CBr)c1.O=S(Cl)Cl. The Morgan fingerprint density at radius 1 is 0.661 bits per heavy atom. The molecule has 0 spiro atoms. The molecule has 0 radical (unpaired) electrons. The van der Waals surface area contributed by atoms with Crippen LogP contribution in [0.3, 0.4) is 0 Å². The van der Waals surface area contributed by atoms with Crippen molar-refractivity contribution in [3.8, 4) is 0 Å². The number of hydrogen-bond acceptors (Lipinski definition) is 10. The molecule has 4 aromatic rings. The standard InChI is InChI=1S/C10H11BrO2.C10H10O3.C9H9BrO2.C9H10O2.CH3NO.Cl2OS/c2*1-13-10(12)6-8-3-2-4-9(5-8)7-11;10-6-8-3-1-2-7(4-8)5-9(11)12;1-7-3-2-4-8(5-7)6-9(10)11;1-2-3;1-4(2)3/h2-5H,6-7H2,1H3;2-5,7H,6H2,1H3;1-4H,5-6H2,(H,11,12);2-5H,6H2,1H3,(H,10,11);1H3;. The van der Waals surface area contributed by atoms with Gasteiger partial charge in [0.05, 0.1) is 47.0 Å². The fourth-order valence-corrected chi connectivity index (χ4v) is 4.77. The zero-order valence-electron chi connectivity index (χ0n) is 31.0. The maximum Gasteiger partial charge on any atom is 0.309 e. The number of hydrogen-bond donors (Lipinski definition) is 2. The van der Waals surface area contributed by atoms with Crippen LogP contribution in [0.1, 0.15) is 49.3 Å². The number of benzene rings is 4. The van der Waals surface area contributed by atoms with Gasteiger partial charge in [0.15, 0.2) is 0 Å². The average Bonchev–Trinajstić information content (AvgIpc) is 3.15. The number of aliphatic carboxylic acids is 2. The Hall–Kier alpha value is -4.28. The molecule has 4 aromatic carbocycles. The second-order valence-electron chi connectivity index (χ2n) is 10.8. The molecule has 0 saturated heterocycles. The summed E-state index contributed by atoms with van der Waals surface area (Å²) in [6.07, 6.45) is 1.51. The van der Waals surface area contributed by atoms with Gasteiger partial charge in [-0.05, 0) is 46.4 Å². The fraction of sp³-hybridized carbons (Fsp3) is 0.256. The summed E-state index contributed by atoms with van der Waals surface area (Å²) < 4.78 is 18.2. The monoisotopic (exact) mass is 961 g/mol. The summed E-state index contributed by atoms with van der Waals surface area (Å²) >= 11 is 6.67. The molecule has 0 aromatic heterocycles. The quantitative estimate of drug-likeness (QED) is 0.0480. The third-order valence-corrected chi connectivity index (χ3v) is 7.62. The molecular weight excluding hydrogens is 921 g/mol. The third-order valence-electron chi connectivity index (χ3n) is 6.32. The lowest BCUT2D eigenvalue weighted by Gasteiger charge is -2.01. The first-order valence-corrected chi connectivity index (χ1v) is 21.0. The van der Waals surface area contributed by atoms with Crippen LogP contribution in [0, 0.1) is 11.8 Å². The summed E-state index contributed by atoms with van der Waals surface area (Å²) in [6.45, 7) is 1.95. The second-order valence-corrected chi connectivity index (χ2v) is 14.4. The van der Waals surface area contributed by atoms with Gasteiger partial charge in [-0.3, -0.25) is 24.0 Å². The van der Waals surface area contributed by atoms with Crippen molar-refractivity contribution in [2.75, 3.05) is 21.3 Å². The van der Waals surface area contributed by atoms with Crippen molar-refractivity contribution in [1.82, 2.24) is 0 Å². The van der Waals surface area contributed by atoms with Gasteiger partial charge in [-0.2, -0.15) is 4.91 Å². The summed E-state index contributed by atoms with van der Waals surface area (Å²) in [5.74, 6) is -2.08. The van der Waals surface area contributed by atoms with E-state index in [9.17, 15) is 24.0 Å². The number of ether oxygens (including phenoxy) is 2. The summed E-state index contributed by atoms with van der Waals surface area (Å²) in [4.78, 5) is 61.4. The minimum Gasteiger partial charge on any atom is -0.481 e. The number of nitroso groups, excluding NO2 is 1. The lowest BCUT2D eigenvalue weighted by Crippen LogP contribution is -2.04. The Morgan fingerprint density at radius 2 is 0.982 bits per heavy atom. The van der Waals surface area contributed by atoms with Crippen LogP contribution < -0.4 is 0 Å². The van der Waals surface area contributed by atoms with Crippen molar-refractivity contribution in [3.05, 3.63) is 146 Å². The number of carboxylic acid groups (broad SMARTS) is 2. The number of rotatable bonds is 11. The first kappa shape index (κ1) is 53.8. The van der Waals surface area contributed by atoms with E-state index in [1.165, 1.54) is 26.8 Å². The molecule has 0 heterocycles. The summed E-state index contributed by atoms with van der Waals surface area (Å²) in [5, 5.41) is 20.8. The van der Waals surface area contributed by atoms with E-state index in [4.69, 9.17) is 19.3 Å². The van der Waals surface area contributed by atoms with E-state index in [0.717, 1.165) is 50.3 Å². The van der Waals surface area contributed by atoms with Crippen LogP contribution in [0.15, 0.2) is 102 Å². The molecule has 0 saturated carbocycles.